The molecule has 0 aromatic heterocycles. The molecular weight excluding hydrogens is 388 g/mol. The molecule has 0 spiro atoms. The van der Waals surface area contributed by atoms with E-state index in [0.717, 1.165) is 28.5 Å². The second-order valence-corrected chi connectivity index (χ2v) is 6.99. The Bertz CT molecular complexity index is 1080. The molecule has 2 aromatic rings. The number of ether oxygens (including phenoxy) is 2. The summed E-state index contributed by atoms with van der Waals surface area (Å²) < 4.78 is 10.9. The number of carbonyl (C=O) groups is 1. The van der Waals surface area contributed by atoms with Gasteiger partial charge in [0, 0.05) is 23.5 Å². The summed E-state index contributed by atoms with van der Waals surface area (Å²) in [5.41, 5.74) is 11.5. The third-order valence-electron chi connectivity index (χ3n) is 4.86. The number of amides is 1. The third-order valence-corrected chi connectivity index (χ3v) is 4.86. The number of benzene rings is 2. The minimum Gasteiger partial charge on any atom is -0.484 e. The van der Waals surface area contributed by atoms with Gasteiger partial charge in [0.15, 0.2) is 13.3 Å². The van der Waals surface area contributed by atoms with E-state index in [0.29, 0.717) is 18.2 Å². The van der Waals surface area contributed by atoms with E-state index in [1.807, 2.05) is 36.1 Å². The number of anilines is 3. The lowest BCUT2D eigenvalue weighted by Gasteiger charge is -2.36. The van der Waals surface area contributed by atoms with Crippen LogP contribution in [0.3, 0.4) is 0 Å². The molecule has 1 amide bonds. The van der Waals surface area contributed by atoms with Gasteiger partial charge in [0.05, 0.1) is 11.4 Å². The molecule has 1 fully saturated rings. The molecule has 0 radical (unpaired) electrons. The molecule has 10 nitrogen and oxygen atoms in total. The van der Waals surface area contributed by atoms with Gasteiger partial charge >= 0.3 is 5.97 Å². The van der Waals surface area contributed by atoms with Gasteiger partial charge in [0.25, 0.3) is 5.91 Å². The van der Waals surface area contributed by atoms with E-state index in [1.54, 1.807) is 24.4 Å². The normalized spacial score (nSPS) is 20.9. The van der Waals surface area contributed by atoms with Gasteiger partial charge in [0.1, 0.15) is 17.3 Å². The largest absolute Gasteiger partial charge is 0.484 e. The van der Waals surface area contributed by atoms with Gasteiger partial charge in [-0.1, -0.05) is 6.07 Å². The number of rotatable bonds is 6. The summed E-state index contributed by atoms with van der Waals surface area (Å²) in [7, 11) is 0. The number of primary amides is 1. The molecule has 30 heavy (non-hydrogen) atoms. The standard InChI is InChI=1S/C20H20N6O4/c1-12-9-23-20(24-13-3-2-4-15(7-13)28-10-18(21)27)26(19(12)25-30-20)14-5-6-17-16(8-14)22-11-29-17/h2-9,22,24-25H,10-11H2,1H3,(H2,21,27). The van der Waals surface area contributed by atoms with Crippen molar-refractivity contribution >= 4 is 29.2 Å². The maximum atomic E-state index is 11.0. The van der Waals surface area contributed by atoms with Crippen LogP contribution >= 0.6 is 0 Å². The highest BCUT2D eigenvalue weighted by Crippen LogP contribution is 2.42. The summed E-state index contributed by atoms with van der Waals surface area (Å²) in [5, 5.41) is 6.51. The minimum atomic E-state index is -1.25. The Hall–Kier alpha value is -3.92. The summed E-state index contributed by atoms with van der Waals surface area (Å²) in [6.45, 7) is 2.19. The zero-order valence-electron chi connectivity index (χ0n) is 16.1. The first-order chi connectivity index (χ1) is 14.5. The van der Waals surface area contributed by atoms with Gasteiger partial charge in [-0.3, -0.25) is 9.69 Å². The number of hydrogen-bond acceptors (Lipinski definition) is 9. The maximum absolute atomic E-state index is 11.0. The monoisotopic (exact) mass is 408 g/mol. The Morgan fingerprint density at radius 1 is 1.37 bits per heavy atom. The Morgan fingerprint density at radius 3 is 3.13 bits per heavy atom. The molecule has 1 saturated heterocycles. The fourth-order valence-corrected chi connectivity index (χ4v) is 3.49. The number of aliphatic imine (C=N–C) groups is 1. The van der Waals surface area contributed by atoms with Crippen molar-refractivity contribution in [2.24, 2.45) is 10.7 Å². The van der Waals surface area contributed by atoms with Crippen LogP contribution in [0.25, 0.3) is 0 Å². The number of nitrogens with two attached hydrogens (primary N) is 1. The molecule has 10 heteroatoms. The molecule has 2 bridgehead atoms. The zero-order chi connectivity index (χ0) is 20.7. The van der Waals surface area contributed by atoms with Crippen molar-refractivity contribution in [3.8, 4) is 11.5 Å². The van der Waals surface area contributed by atoms with E-state index in [1.165, 1.54) is 0 Å². The lowest BCUT2D eigenvalue weighted by atomic mass is 10.2. The highest BCUT2D eigenvalue weighted by Gasteiger charge is 2.49. The lowest BCUT2D eigenvalue weighted by Crippen LogP contribution is -2.51. The van der Waals surface area contributed by atoms with E-state index < -0.39 is 11.9 Å². The number of carbonyl (C=O) groups excluding carboxylic acids is 1. The van der Waals surface area contributed by atoms with Crippen LogP contribution in [0, 0.1) is 0 Å². The van der Waals surface area contributed by atoms with Gasteiger partial charge in [-0.2, -0.15) is 0 Å². The summed E-state index contributed by atoms with van der Waals surface area (Å²) in [5.74, 6) is 0.284. The van der Waals surface area contributed by atoms with Crippen LogP contribution in [0.15, 0.2) is 58.9 Å². The Kier molecular flexibility index (Phi) is 4.14. The van der Waals surface area contributed by atoms with Gasteiger partial charge in [0.2, 0.25) is 0 Å². The van der Waals surface area contributed by atoms with Crippen LogP contribution in [-0.4, -0.2) is 31.4 Å². The molecule has 2 aromatic carbocycles. The number of nitrogens with zero attached hydrogens (tertiary/aromatic N) is 2. The third kappa shape index (κ3) is 3.03. The second-order valence-electron chi connectivity index (χ2n) is 6.99. The molecule has 5 N–H and O–H groups in total. The maximum Gasteiger partial charge on any atom is 0.351 e. The van der Waals surface area contributed by atoms with Gasteiger partial charge in [-0.15, -0.1) is 0 Å². The average molecular weight is 408 g/mol. The first-order valence-electron chi connectivity index (χ1n) is 9.34. The van der Waals surface area contributed by atoms with Crippen molar-refractivity contribution in [1.29, 1.82) is 0 Å². The van der Waals surface area contributed by atoms with Crippen molar-refractivity contribution in [2.75, 3.05) is 28.9 Å². The zero-order valence-corrected chi connectivity index (χ0v) is 16.1. The lowest BCUT2D eigenvalue weighted by molar-refractivity contribution is -0.119. The number of allylic oxidation sites excluding steroid dienone is 1. The highest BCUT2D eigenvalue weighted by atomic mass is 16.7. The predicted octanol–water partition coefficient (Wildman–Crippen LogP) is 1.69. The van der Waals surface area contributed by atoms with Crippen LogP contribution in [0.2, 0.25) is 0 Å². The van der Waals surface area contributed by atoms with Crippen LogP contribution in [-0.2, 0) is 9.63 Å². The smallest absolute Gasteiger partial charge is 0.351 e. The molecule has 0 saturated carbocycles. The predicted molar refractivity (Wildman–Crippen MR) is 111 cm³/mol. The molecule has 0 aliphatic carbocycles. The number of nitrogens with one attached hydrogen (secondary N) is 3. The number of fused-ring (bicyclic) bond motifs is 3. The van der Waals surface area contributed by atoms with Crippen LogP contribution in [0.4, 0.5) is 17.1 Å². The molecule has 154 valence electrons. The van der Waals surface area contributed by atoms with Crippen molar-refractivity contribution in [2.45, 2.75) is 12.9 Å². The van der Waals surface area contributed by atoms with E-state index in [4.69, 9.17) is 20.0 Å². The average Bonchev–Trinajstić information content (AvgIpc) is 3.31. The summed E-state index contributed by atoms with van der Waals surface area (Å²) >= 11 is 0. The number of hydrogen-bond donors (Lipinski definition) is 4. The second kappa shape index (κ2) is 6.85. The highest BCUT2D eigenvalue weighted by molar-refractivity contribution is 5.85. The van der Waals surface area contributed by atoms with Crippen molar-refractivity contribution in [1.82, 2.24) is 5.48 Å². The minimum absolute atomic E-state index is 0.201. The van der Waals surface area contributed by atoms with Gasteiger partial charge in [-0.25, -0.2) is 15.3 Å². The molecule has 3 aliphatic heterocycles. The fourth-order valence-electron chi connectivity index (χ4n) is 3.49. The topological polar surface area (TPSA) is 122 Å². The molecule has 1 unspecified atom stereocenters. The quantitative estimate of drug-likeness (QED) is 0.570. The summed E-state index contributed by atoms with van der Waals surface area (Å²) in [6.07, 6.45) is 1.75. The van der Waals surface area contributed by atoms with E-state index in [2.05, 4.69) is 21.1 Å². The van der Waals surface area contributed by atoms with Gasteiger partial charge in [-0.05, 0) is 37.3 Å². The Morgan fingerprint density at radius 2 is 2.27 bits per heavy atom. The van der Waals surface area contributed by atoms with E-state index in [9.17, 15) is 4.79 Å². The SMILES string of the molecule is CC1=C2NOC(Nc3cccc(OCC(N)=O)c3)(N=C1)N2c1ccc2c(c1)NCO2. The first-order valence-corrected chi connectivity index (χ1v) is 9.34. The van der Waals surface area contributed by atoms with E-state index >= 15 is 0 Å². The molecule has 3 aliphatic rings. The molecule has 1 atom stereocenters. The Balaban J connectivity index is 1.48. The first kappa shape index (κ1) is 18.1. The summed E-state index contributed by atoms with van der Waals surface area (Å²) in [6, 6.07) is 13.0. The van der Waals surface area contributed by atoms with Crippen LogP contribution in [0.1, 0.15) is 6.92 Å². The van der Waals surface area contributed by atoms with Crippen molar-refractivity contribution < 1.29 is 19.1 Å². The van der Waals surface area contributed by atoms with Crippen LogP contribution < -0.4 is 36.2 Å². The van der Waals surface area contributed by atoms with Crippen molar-refractivity contribution in [3.63, 3.8) is 0 Å². The van der Waals surface area contributed by atoms with Gasteiger partial charge < -0.3 is 25.8 Å². The number of hydroxylamine groups is 1. The fraction of sp³-hybridized carbons (Fsp3) is 0.200. The molecule has 5 rings (SSSR count). The van der Waals surface area contributed by atoms with Crippen molar-refractivity contribution in [3.05, 3.63) is 53.9 Å². The summed E-state index contributed by atoms with van der Waals surface area (Å²) in [4.78, 5) is 23.5. The van der Waals surface area contributed by atoms with Crippen LogP contribution in [0.5, 0.6) is 11.5 Å². The molecular formula is C20H20N6O4. The van der Waals surface area contributed by atoms with E-state index in [-0.39, 0.29) is 6.61 Å². The Labute approximate surface area is 172 Å². The molecule has 3 heterocycles.